The first-order valence-corrected chi connectivity index (χ1v) is 7.83. The van der Waals surface area contributed by atoms with Crippen LogP contribution < -0.4 is 0 Å². The fourth-order valence-corrected chi connectivity index (χ4v) is 0. The normalized spacial score (nSPS) is 10.0. The highest BCUT2D eigenvalue weighted by molar-refractivity contribution is 4.47. The molecular weight excluding hydrogens is 216 g/mol. The monoisotopic (exact) mass is 260 g/mol. The van der Waals surface area contributed by atoms with Gasteiger partial charge in [-0.2, -0.15) is 0 Å². The third-order valence-corrected chi connectivity index (χ3v) is 1.000. The summed E-state index contributed by atoms with van der Waals surface area (Å²) in [5.74, 6) is 0. The van der Waals surface area contributed by atoms with Gasteiger partial charge in [-0.05, 0) is 10.8 Å². The summed E-state index contributed by atoms with van der Waals surface area (Å²) in [5, 5.41) is 0. The number of unbranched alkanes of at least 4 members (excludes halogenated alkanes) is 2. The lowest BCUT2D eigenvalue weighted by Crippen LogP contribution is -1.93. The van der Waals surface area contributed by atoms with Crippen molar-refractivity contribution < 1.29 is 0 Å². The minimum Gasteiger partial charge on any atom is -0.0654 e. The van der Waals surface area contributed by atoms with Crippen LogP contribution in [0.3, 0.4) is 0 Å². The fourth-order valence-electron chi connectivity index (χ4n) is 0. The largest absolute Gasteiger partial charge is 0.0654 e. The minimum absolute atomic E-state index is 0.500. The van der Waals surface area contributed by atoms with Gasteiger partial charge in [0.15, 0.2) is 0 Å². The lowest BCUT2D eigenvalue weighted by molar-refractivity contribution is 0.469. The Bertz CT molecular complexity index is 77.0. The number of hydrogen-bond donors (Lipinski definition) is 0. The van der Waals surface area contributed by atoms with Crippen molar-refractivity contribution in [3.05, 3.63) is 0 Å². The molecule has 0 atom stereocenters. The average Bonchev–Trinajstić information content (AvgIpc) is 2.12. The predicted octanol–water partition coefficient (Wildman–Crippen LogP) is 7.72. The molecule has 0 aliphatic heterocycles. The highest BCUT2D eigenvalue weighted by atomic mass is 14.0. The molecular formula is C18H44. The summed E-state index contributed by atoms with van der Waals surface area (Å²) in [7, 11) is 0. The summed E-state index contributed by atoms with van der Waals surface area (Å²) >= 11 is 0. The molecule has 0 rings (SSSR count). The molecule has 116 valence electrons. The van der Waals surface area contributed by atoms with Crippen LogP contribution in [0.25, 0.3) is 0 Å². The van der Waals surface area contributed by atoms with Crippen molar-refractivity contribution in [2.45, 2.75) is 109 Å². The van der Waals surface area contributed by atoms with Gasteiger partial charge in [0, 0.05) is 0 Å². The second-order valence-electron chi connectivity index (χ2n) is 8.00. The van der Waals surface area contributed by atoms with E-state index in [-0.39, 0.29) is 0 Å². The molecule has 0 radical (unpaired) electrons. The van der Waals surface area contributed by atoms with E-state index >= 15 is 0 Å². The Balaban J connectivity index is -0.0000000731. The summed E-state index contributed by atoms with van der Waals surface area (Å²) in [6.45, 7) is 26.2. The smallest absolute Gasteiger partial charge is 0.0411 e. The first kappa shape index (κ1) is 26.5. The number of rotatable bonds is 2. The van der Waals surface area contributed by atoms with Gasteiger partial charge >= 0.3 is 0 Å². The van der Waals surface area contributed by atoms with Crippen molar-refractivity contribution in [3.63, 3.8) is 0 Å². The zero-order valence-corrected chi connectivity index (χ0v) is 15.8. The first-order valence-electron chi connectivity index (χ1n) is 7.83. The molecule has 0 aromatic rings. The van der Waals surface area contributed by atoms with Gasteiger partial charge in [0.2, 0.25) is 0 Å². The molecule has 0 N–H and O–H groups in total. The zero-order chi connectivity index (χ0) is 15.8. The van der Waals surface area contributed by atoms with Crippen molar-refractivity contribution in [3.8, 4) is 0 Å². The van der Waals surface area contributed by atoms with Crippen molar-refractivity contribution in [1.82, 2.24) is 0 Å². The van der Waals surface area contributed by atoms with Gasteiger partial charge in [-0.3, -0.25) is 0 Å². The highest BCUT2D eigenvalue weighted by Crippen LogP contribution is 2.08. The van der Waals surface area contributed by atoms with E-state index in [1.165, 1.54) is 25.7 Å². The molecule has 0 heterocycles. The maximum Gasteiger partial charge on any atom is -0.0411 e. The molecule has 0 heteroatoms. The SMILES string of the molecule is CC(C)(C)C.CC(C)(C)C.CCCC.CCCC. The molecule has 0 unspecified atom stereocenters. The van der Waals surface area contributed by atoms with E-state index in [9.17, 15) is 0 Å². The van der Waals surface area contributed by atoms with Crippen LogP contribution >= 0.6 is 0 Å². The third kappa shape index (κ3) is 900. The van der Waals surface area contributed by atoms with Crippen LogP contribution in [0.15, 0.2) is 0 Å². The van der Waals surface area contributed by atoms with Crippen LogP contribution in [-0.2, 0) is 0 Å². The molecule has 0 aliphatic rings. The van der Waals surface area contributed by atoms with Crippen LogP contribution in [0.5, 0.6) is 0 Å². The van der Waals surface area contributed by atoms with Crippen molar-refractivity contribution in [1.29, 1.82) is 0 Å². The van der Waals surface area contributed by atoms with Crippen LogP contribution in [0.2, 0.25) is 0 Å². The molecule has 0 saturated heterocycles. The van der Waals surface area contributed by atoms with Gasteiger partial charge < -0.3 is 0 Å². The van der Waals surface area contributed by atoms with Gasteiger partial charge in [0.05, 0.1) is 0 Å². The average molecular weight is 261 g/mol. The van der Waals surface area contributed by atoms with E-state index in [0.717, 1.165) is 0 Å². The van der Waals surface area contributed by atoms with E-state index < -0.39 is 0 Å². The van der Waals surface area contributed by atoms with Crippen LogP contribution in [0, 0.1) is 10.8 Å². The van der Waals surface area contributed by atoms with E-state index in [2.05, 4.69) is 83.1 Å². The van der Waals surface area contributed by atoms with Crippen molar-refractivity contribution in [2.75, 3.05) is 0 Å². The summed E-state index contributed by atoms with van der Waals surface area (Å²) in [5.41, 5.74) is 1.00. The molecule has 0 nitrogen and oxygen atoms in total. The van der Waals surface area contributed by atoms with Gasteiger partial charge in [-0.1, -0.05) is 109 Å². The maximum atomic E-state index is 2.19. The first-order chi connectivity index (χ1) is 7.83. The molecule has 0 aromatic carbocycles. The summed E-state index contributed by atoms with van der Waals surface area (Å²) in [6.07, 6.45) is 5.28. The van der Waals surface area contributed by atoms with Crippen molar-refractivity contribution in [2.24, 2.45) is 10.8 Å². The Morgan fingerprint density at radius 1 is 0.389 bits per heavy atom. The van der Waals surface area contributed by atoms with Crippen LogP contribution in [0.4, 0.5) is 0 Å². The second kappa shape index (κ2) is 17.0. The van der Waals surface area contributed by atoms with Gasteiger partial charge in [-0.15, -0.1) is 0 Å². The second-order valence-corrected chi connectivity index (χ2v) is 8.00. The van der Waals surface area contributed by atoms with Crippen molar-refractivity contribution >= 4 is 0 Å². The summed E-state index contributed by atoms with van der Waals surface area (Å²) in [6, 6.07) is 0. The third-order valence-electron chi connectivity index (χ3n) is 1.000. The Morgan fingerprint density at radius 2 is 0.444 bits per heavy atom. The zero-order valence-electron chi connectivity index (χ0n) is 15.8. The van der Waals surface area contributed by atoms with E-state index in [1.54, 1.807) is 0 Å². The fraction of sp³-hybridized carbons (Fsp3) is 1.00. The number of hydrogen-bond acceptors (Lipinski definition) is 0. The molecule has 0 aliphatic carbocycles. The van der Waals surface area contributed by atoms with Gasteiger partial charge in [0.1, 0.15) is 0 Å². The highest BCUT2D eigenvalue weighted by Gasteiger charge is 1.96. The lowest BCUT2D eigenvalue weighted by atomic mass is 10.0. The van der Waals surface area contributed by atoms with Gasteiger partial charge in [0.25, 0.3) is 0 Å². The van der Waals surface area contributed by atoms with E-state index in [0.29, 0.717) is 10.8 Å². The molecule has 0 saturated carbocycles. The molecule has 0 amide bonds. The molecule has 18 heavy (non-hydrogen) atoms. The van der Waals surface area contributed by atoms with E-state index in [1.807, 2.05) is 0 Å². The standard InChI is InChI=1S/2C5H12.2C4H10/c2*1-5(2,3)4;2*1-3-4-2/h2*1-4H3;2*3-4H2,1-2H3. The molecule has 0 aromatic heterocycles. The molecule has 0 fully saturated rings. The molecule has 0 spiro atoms. The topological polar surface area (TPSA) is 0 Å². The van der Waals surface area contributed by atoms with Gasteiger partial charge in [-0.25, -0.2) is 0 Å². The quantitative estimate of drug-likeness (QED) is 0.477. The Hall–Kier alpha value is 0. The molecule has 0 bridgehead atoms. The summed E-state index contributed by atoms with van der Waals surface area (Å²) < 4.78 is 0. The Kier molecular flexibility index (Phi) is 25.1. The van der Waals surface area contributed by atoms with Crippen LogP contribution in [-0.4, -0.2) is 0 Å². The van der Waals surface area contributed by atoms with E-state index in [4.69, 9.17) is 0 Å². The maximum absolute atomic E-state index is 2.19. The lowest BCUT2D eigenvalue weighted by Gasteiger charge is -2.05. The Labute approximate surface area is 120 Å². The Morgan fingerprint density at radius 3 is 0.444 bits per heavy atom. The minimum atomic E-state index is 0.500. The summed E-state index contributed by atoms with van der Waals surface area (Å²) in [4.78, 5) is 0. The predicted molar refractivity (Wildman–Crippen MR) is 91.4 cm³/mol. The van der Waals surface area contributed by atoms with Crippen LogP contribution in [0.1, 0.15) is 109 Å².